The van der Waals surface area contributed by atoms with Crippen LogP contribution in [0.2, 0.25) is 0 Å². The van der Waals surface area contributed by atoms with Gasteiger partial charge in [-0.15, -0.1) is 13.2 Å². The molecule has 1 unspecified atom stereocenters. The first-order valence-corrected chi connectivity index (χ1v) is 11.4. The molecule has 2 aromatic carbocycles. The maximum Gasteiger partial charge on any atom is 0.573 e. The van der Waals surface area contributed by atoms with Gasteiger partial charge in [0.05, 0.1) is 18.3 Å². The van der Waals surface area contributed by atoms with Gasteiger partial charge in [0.15, 0.2) is 0 Å². The van der Waals surface area contributed by atoms with E-state index in [0.717, 1.165) is 18.1 Å². The third-order valence-electron chi connectivity index (χ3n) is 6.14. The number of benzene rings is 2. The molecule has 190 valence electrons. The van der Waals surface area contributed by atoms with Gasteiger partial charge in [-0.3, -0.25) is 9.59 Å². The highest BCUT2D eigenvalue weighted by Gasteiger charge is 2.41. The van der Waals surface area contributed by atoms with Gasteiger partial charge < -0.3 is 19.9 Å². The number of imidazole rings is 1. The highest BCUT2D eigenvalue weighted by molar-refractivity contribution is 5.81. The summed E-state index contributed by atoms with van der Waals surface area (Å²) in [4.78, 5) is 33.4. The topological polar surface area (TPSA) is 87.3 Å². The molecule has 2 N–H and O–H groups in total. The number of nitrogens with one attached hydrogen (secondary N) is 2. The fourth-order valence-electron chi connectivity index (χ4n) is 4.56. The molecule has 1 amide bonds. The minimum atomic E-state index is -4.89. The molecule has 1 fully saturated rings. The van der Waals surface area contributed by atoms with E-state index in [9.17, 15) is 22.8 Å². The van der Waals surface area contributed by atoms with E-state index >= 15 is 0 Å². The van der Waals surface area contributed by atoms with Crippen molar-refractivity contribution in [1.82, 2.24) is 20.2 Å². The first-order valence-electron chi connectivity index (χ1n) is 11.4. The van der Waals surface area contributed by atoms with Crippen molar-refractivity contribution in [3.63, 3.8) is 0 Å². The van der Waals surface area contributed by atoms with Crippen LogP contribution >= 0.6 is 0 Å². The molecule has 10 heteroatoms. The summed E-state index contributed by atoms with van der Waals surface area (Å²) in [6.07, 6.45) is -1.90. The Morgan fingerprint density at radius 3 is 2.56 bits per heavy atom. The average Bonchev–Trinajstić information content (AvgIpc) is 3.42. The Balaban J connectivity index is 1.59. The Hall–Kier alpha value is -3.66. The van der Waals surface area contributed by atoms with E-state index in [1.807, 2.05) is 4.90 Å². The van der Waals surface area contributed by atoms with Crippen LogP contribution in [-0.2, 0) is 4.79 Å². The second kappa shape index (κ2) is 9.77. The van der Waals surface area contributed by atoms with Crippen LogP contribution in [0.1, 0.15) is 42.5 Å². The van der Waals surface area contributed by atoms with Crippen molar-refractivity contribution in [1.29, 1.82) is 0 Å². The third kappa shape index (κ3) is 5.59. The number of likely N-dealkylation sites (N-methyl/N-ethyl adjacent to an activating group) is 1. The number of ether oxygens (including phenoxy) is 1. The number of aromatic amines is 1. The molecular weight excluding hydrogens is 473 g/mol. The van der Waals surface area contributed by atoms with Crippen LogP contribution in [0.3, 0.4) is 0 Å². The van der Waals surface area contributed by atoms with Gasteiger partial charge in [0.2, 0.25) is 5.91 Å². The summed E-state index contributed by atoms with van der Waals surface area (Å²) < 4.78 is 42.9. The summed E-state index contributed by atoms with van der Waals surface area (Å²) in [6.45, 7) is 5.12. The second-order valence-corrected chi connectivity index (χ2v) is 9.61. The van der Waals surface area contributed by atoms with E-state index in [2.05, 4.69) is 28.9 Å². The number of halogens is 3. The monoisotopic (exact) mass is 500 g/mol. The lowest BCUT2D eigenvalue weighted by atomic mass is 9.90. The van der Waals surface area contributed by atoms with Gasteiger partial charge in [0.25, 0.3) is 0 Å². The normalized spacial score (nSPS) is 17.3. The fraction of sp³-hybridized carbons (Fsp3) is 0.346. The number of carbonyl (C=O) groups excluding carboxylic acids is 2. The number of alkyl halides is 3. The minimum absolute atomic E-state index is 0.00727. The van der Waals surface area contributed by atoms with Crippen molar-refractivity contribution >= 4 is 12.2 Å². The number of amides is 1. The zero-order valence-electron chi connectivity index (χ0n) is 20.1. The molecule has 2 heterocycles. The standard InChI is InChI=1S/C26H27F3N4O3/c1-25(2)11-21(33(15-25)23(35)13-30-3)24-31-12-20(32-24)18-7-5-17(6-8-18)19-9-4-16(14-34)10-22(19)36-26(27,28)29/h4-10,12,14,21,30H,11,13,15H2,1-3H3,(H,31,32). The summed E-state index contributed by atoms with van der Waals surface area (Å²) in [7, 11) is 1.73. The molecule has 3 aromatic rings. The largest absolute Gasteiger partial charge is 0.573 e. The number of rotatable bonds is 7. The first kappa shape index (κ1) is 25.4. The number of likely N-dealkylation sites (tertiary alicyclic amines) is 1. The van der Waals surface area contributed by atoms with E-state index in [4.69, 9.17) is 4.98 Å². The van der Waals surface area contributed by atoms with Crippen LogP contribution in [0.4, 0.5) is 13.2 Å². The van der Waals surface area contributed by atoms with Crippen molar-refractivity contribution in [2.45, 2.75) is 32.7 Å². The molecule has 0 bridgehead atoms. The van der Waals surface area contributed by atoms with Crippen molar-refractivity contribution in [3.8, 4) is 28.1 Å². The average molecular weight is 501 g/mol. The Kier molecular flexibility index (Phi) is 6.90. The predicted octanol–water partition coefficient (Wildman–Crippen LogP) is 4.97. The lowest BCUT2D eigenvalue weighted by molar-refractivity contribution is -0.274. The van der Waals surface area contributed by atoms with E-state index in [0.29, 0.717) is 29.9 Å². The molecule has 0 saturated carbocycles. The lowest BCUT2D eigenvalue weighted by Crippen LogP contribution is -2.38. The van der Waals surface area contributed by atoms with Gasteiger partial charge >= 0.3 is 6.36 Å². The number of nitrogens with zero attached hydrogens (tertiary/aromatic N) is 2. The molecule has 1 aromatic heterocycles. The van der Waals surface area contributed by atoms with Crippen molar-refractivity contribution in [2.24, 2.45) is 5.41 Å². The summed E-state index contributed by atoms with van der Waals surface area (Å²) in [6, 6.07) is 10.6. The maximum atomic E-state index is 12.9. The van der Waals surface area contributed by atoms with Gasteiger partial charge in [0, 0.05) is 29.4 Å². The molecule has 4 rings (SSSR count). The van der Waals surface area contributed by atoms with Gasteiger partial charge in [-0.05, 0) is 36.6 Å². The van der Waals surface area contributed by atoms with Gasteiger partial charge in [-0.25, -0.2) is 4.98 Å². The molecule has 1 aliphatic heterocycles. The Morgan fingerprint density at radius 2 is 1.92 bits per heavy atom. The number of aldehydes is 1. The summed E-state index contributed by atoms with van der Waals surface area (Å²) in [5.41, 5.74) is 2.15. The number of carbonyl (C=O) groups is 2. The van der Waals surface area contributed by atoms with E-state index < -0.39 is 12.1 Å². The summed E-state index contributed by atoms with van der Waals surface area (Å²) in [5, 5.41) is 2.91. The summed E-state index contributed by atoms with van der Waals surface area (Å²) >= 11 is 0. The lowest BCUT2D eigenvalue weighted by Gasteiger charge is -2.23. The van der Waals surface area contributed by atoms with E-state index in [1.54, 1.807) is 37.5 Å². The molecule has 0 radical (unpaired) electrons. The third-order valence-corrected chi connectivity index (χ3v) is 6.14. The Morgan fingerprint density at radius 1 is 1.22 bits per heavy atom. The second-order valence-electron chi connectivity index (χ2n) is 9.61. The predicted molar refractivity (Wildman–Crippen MR) is 128 cm³/mol. The van der Waals surface area contributed by atoms with Crippen LogP contribution in [0.5, 0.6) is 5.75 Å². The van der Waals surface area contributed by atoms with Gasteiger partial charge in [-0.1, -0.05) is 44.2 Å². The number of hydrogen-bond donors (Lipinski definition) is 2. The van der Waals surface area contributed by atoms with Crippen molar-refractivity contribution < 1.29 is 27.5 Å². The van der Waals surface area contributed by atoms with Crippen LogP contribution in [-0.4, -0.2) is 53.6 Å². The summed E-state index contributed by atoms with van der Waals surface area (Å²) in [5.74, 6) is 0.249. The van der Waals surface area contributed by atoms with Crippen LogP contribution < -0.4 is 10.1 Å². The highest BCUT2D eigenvalue weighted by Crippen LogP contribution is 2.42. The van der Waals surface area contributed by atoms with Crippen molar-refractivity contribution in [3.05, 3.63) is 60.0 Å². The van der Waals surface area contributed by atoms with Crippen LogP contribution in [0.25, 0.3) is 22.4 Å². The van der Waals surface area contributed by atoms with Crippen LogP contribution in [0.15, 0.2) is 48.7 Å². The number of aromatic nitrogens is 2. The molecule has 1 saturated heterocycles. The van der Waals surface area contributed by atoms with Gasteiger partial charge in [-0.2, -0.15) is 0 Å². The molecule has 1 aliphatic rings. The Labute approximate surface area is 206 Å². The maximum absolute atomic E-state index is 12.9. The van der Waals surface area contributed by atoms with Crippen LogP contribution in [0, 0.1) is 5.41 Å². The molecule has 7 nitrogen and oxygen atoms in total. The minimum Gasteiger partial charge on any atom is -0.405 e. The molecule has 1 atom stereocenters. The van der Waals surface area contributed by atoms with Crippen molar-refractivity contribution in [2.75, 3.05) is 20.1 Å². The molecular formula is C26H27F3N4O3. The zero-order chi connectivity index (χ0) is 26.1. The van der Waals surface area contributed by atoms with Gasteiger partial charge in [0.1, 0.15) is 17.9 Å². The highest BCUT2D eigenvalue weighted by atomic mass is 19.4. The SMILES string of the molecule is CNCC(=O)N1CC(C)(C)CC1c1nc(-c2ccc(-c3ccc(C=O)cc3OC(F)(F)F)cc2)c[nH]1. The fourth-order valence-corrected chi connectivity index (χ4v) is 4.56. The molecule has 0 spiro atoms. The first-order chi connectivity index (χ1) is 17.0. The van der Waals surface area contributed by atoms with E-state index in [-0.39, 0.29) is 35.0 Å². The Bertz CT molecular complexity index is 1250. The molecule has 36 heavy (non-hydrogen) atoms. The zero-order valence-corrected chi connectivity index (χ0v) is 20.1. The van der Waals surface area contributed by atoms with E-state index in [1.165, 1.54) is 12.1 Å². The number of hydrogen-bond acceptors (Lipinski definition) is 5. The quantitative estimate of drug-likeness (QED) is 0.447. The molecule has 0 aliphatic carbocycles. The smallest absolute Gasteiger partial charge is 0.405 e. The number of H-pyrrole nitrogens is 1.